The minimum atomic E-state index is -1.01. The van der Waals surface area contributed by atoms with E-state index in [9.17, 15) is 9.59 Å². The zero-order chi connectivity index (χ0) is 24.2. The molecule has 0 bridgehead atoms. The van der Waals surface area contributed by atoms with E-state index in [1.165, 1.54) is 28.8 Å². The molecule has 0 aromatic heterocycles. The van der Waals surface area contributed by atoms with Crippen molar-refractivity contribution in [3.8, 4) is 5.75 Å². The fraction of sp³-hybridized carbons (Fsp3) is 0.0800. The number of carbonyl (C=O) groups excluding carboxylic acids is 1. The maximum Gasteiger partial charge on any atom is 0.335 e. The van der Waals surface area contributed by atoms with Crippen LogP contribution in [0.3, 0.4) is 0 Å². The minimum absolute atomic E-state index is 0.165. The van der Waals surface area contributed by atoms with Crippen LogP contribution in [0.25, 0.3) is 6.08 Å². The van der Waals surface area contributed by atoms with Gasteiger partial charge in [0.15, 0.2) is 5.17 Å². The largest absolute Gasteiger partial charge is 0.488 e. The van der Waals surface area contributed by atoms with Crippen molar-refractivity contribution >= 4 is 63.8 Å². The molecule has 9 heteroatoms. The molecule has 6 nitrogen and oxygen atoms in total. The number of likely N-dealkylation sites (N-methyl/N-ethyl adjacent to an activating group) is 1. The van der Waals surface area contributed by atoms with E-state index < -0.39 is 5.97 Å². The SMILES string of the molecule is CN1C(=O)/C(=C\c2cc(Cl)ccc2OCc2ccccc2Cl)SC1=Nc1ccc(C(=O)O)cc1. The van der Waals surface area contributed by atoms with Crippen LogP contribution in [0, 0.1) is 0 Å². The first-order valence-corrected chi connectivity index (χ1v) is 11.6. The van der Waals surface area contributed by atoms with Gasteiger partial charge in [-0.25, -0.2) is 9.79 Å². The Morgan fingerprint density at radius 3 is 2.56 bits per heavy atom. The topological polar surface area (TPSA) is 79.2 Å². The Morgan fingerprint density at radius 2 is 1.85 bits per heavy atom. The predicted molar refractivity (Wildman–Crippen MR) is 136 cm³/mol. The number of carbonyl (C=O) groups is 2. The van der Waals surface area contributed by atoms with Gasteiger partial charge in [0.25, 0.3) is 5.91 Å². The highest BCUT2D eigenvalue weighted by molar-refractivity contribution is 8.18. The maximum atomic E-state index is 12.9. The van der Waals surface area contributed by atoms with Crippen LogP contribution in [0.1, 0.15) is 21.5 Å². The molecular weight excluding hydrogens is 495 g/mol. The van der Waals surface area contributed by atoms with Gasteiger partial charge in [0.1, 0.15) is 12.4 Å². The number of benzene rings is 3. The molecule has 34 heavy (non-hydrogen) atoms. The summed E-state index contributed by atoms with van der Waals surface area (Å²) in [4.78, 5) is 30.3. The number of amides is 1. The lowest BCUT2D eigenvalue weighted by atomic mass is 10.1. The molecule has 4 rings (SSSR count). The van der Waals surface area contributed by atoms with Crippen LogP contribution in [0.4, 0.5) is 5.69 Å². The lowest BCUT2D eigenvalue weighted by Gasteiger charge is -2.11. The standard InChI is InChI=1S/C25H18Cl2N2O4S/c1-29-23(30)22(34-25(29)28-19-9-6-15(7-10-19)24(31)32)13-17-12-18(26)8-11-21(17)33-14-16-4-2-3-5-20(16)27/h2-13H,14H2,1H3,(H,31,32)/b22-13+,28-25?. The summed E-state index contributed by atoms with van der Waals surface area (Å²) >= 11 is 13.6. The molecule has 0 spiro atoms. The van der Waals surface area contributed by atoms with Gasteiger partial charge in [-0.05, 0) is 66.4 Å². The Morgan fingerprint density at radius 1 is 1.12 bits per heavy atom. The van der Waals surface area contributed by atoms with Gasteiger partial charge < -0.3 is 9.84 Å². The zero-order valence-electron chi connectivity index (χ0n) is 17.9. The fourth-order valence-electron chi connectivity index (χ4n) is 3.12. The highest BCUT2D eigenvalue weighted by Crippen LogP contribution is 2.35. The second kappa shape index (κ2) is 10.3. The Labute approximate surface area is 210 Å². The lowest BCUT2D eigenvalue weighted by Crippen LogP contribution is -2.23. The van der Waals surface area contributed by atoms with E-state index in [0.717, 1.165) is 5.56 Å². The number of ether oxygens (including phenoxy) is 1. The van der Waals surface area contributed by atoms with Gasteiger partial charge in [0, 0.05) is 28.2 Å². The van der Waals surface area contributed by atoms with Crippen LogP contribution in [0.15, 0.2) is 76.6 Å². The number of hydrogen-bond donors (Lipinski definition) is 1. The minimum Gasteiger partial charge on any atom is -0.488 e. The average Bonchev–Trinajstić information content (AvgIpc) is 3.07. The zero-order valence-corrected chi connectivity index (χ0v) is 20.2. The van der Waals surface area contributed by atoms with E-state index in [-0.39, 0.29) is 18.1 Å². The highest BCUT2D eigenvalue weighted by Gasteiger charge is 2.30. The number of carboxylic acid groups (broad SMARTS) is 1. The first kappa shape index (κ1) is 23.9. The molecule has 0 saturated carbocycles. The van der Waals surface area contributed by atoms with E-state index in [0.29, 0.717) is 37.1 Å². The highest BCUT2D eigenvalue weighted by atomic mass is 35.5. The third-order valence-electron chi connectivity index (χ3n) is 4.94. The van der Waals surface area contributed by atoms with Crippen molar-refractivity contribution in [2.24, 2.45) is 4.99 Å². The Bertz CT molecular complexity index is 1320. The molecule has 172 valence electrons. The summed E-state index contributed by atoms with van der Waals surface area (Å²) in [6.07, 6.45) is 1.72. The van der Waals surface area contributed by atoms with Crippen molar-refractivity contribution in [1.29, 1.82) is 0 Å². The van der Waals surface area contributed by atoms with E-state index in [2.05, 4.69) is 4.99 Å². The summed E-state index contributed by atoms with van der Waals surface area (Å²) < 4.78 is 5.98. The van der Waals surface area contributed by atoms with Gasteiger partial charge in [-0.1, -0.05) is 41.4 Å². The molecular formula is C25H18Cl2N2O4S. The summed E-state index contributed by atoms with van der Waals surface area (Å²) in [5.41, 5.74) is 2.20. The van der Waals surface area contributed by atoms with Gasteiger partial charge in [0.05, 0.1) is 16.2 Å². The molecule has 0 radical (unpaired) electrons. The number of thioether (sulfide) groups is 1. The van der Waals surface area contributed by atoms with Crippen LogP contribution >= 0.6 is 35.0 Å². The van der Waals surface area contributed by atoms with Gasteiger partial charge in [-0.15, -0.1) is 0 Å². The smallest absolute Gasteiger partial charge is 0.335 e. The van der Waals surface area contributed by atoms with E-state index >= 15 is 0 Å². The first-order chi connectivity index (χ1) is 16.3. The summed E-state index contributed by atoms with van der Waals surface area (Å²) in [6.45, 7) is 0.261. The Kier molecular flexibility index (Phi) is 7.26. The quantitative estimate of drug-likeness (QED) is 0.381. The molecule has 1 amide bonds. The fourth-order valence-corrected chi connectivity index (χ4v) is 4.46. The lowest BCUT2D eigenvalue weighted by molar-refractivity contribution is -0.121. The normalized spacial score (nSPS) is 15.9. The second-order valence-corrected chi connectivity index (χ2v) is 9.14. The molecule has 1 fully saturated rings. The van der Waals surface area contributed by atoms with Crippen LogP contribution in [-0.4, -0.2) is 34.1 Å². The number of hydrogen-bond acceptors (Lipinski definition) is 5. The summed E-state index contributed by atoms with van der Waals surface area (Å²) in [7, 11) is 1.63. The molecule has 1 heterocycles. The molecule has 1 aliphatic heterocycles. The van der Waals surface area contributed by atoms with Gasteiger partial charge in [-0.2, -0.15) is 0 Å². The van der Waals surface area contributed by atoms with Crippen molar-refractivity contribution in [2.75, 3.05) is 7.05 Å². The molecule has 0 unspecified atom stereocenters. The van der Waals surface area contributed by atoms with Crippen molar-refractivity contribution in [2.45, 2.75) is 6.61 Å². The molecule has 1 aliphatic rings. The maximum absolute atomic E-state index is 12.9. The Hall–Kier alpha value is -3.26. The molecule has 3 aromatic carbocycles. The predicted octanol–water partition coefficient (Wildman–Crippen LogP) is 6.50. The Balaban J connectivity index is 1.58. The van der Waals surface area contributed by atoms with Crippen molar-refractivity contribution in [3.63, 3.8) is 0 Å². The monoisotopic (exact) mass is 512 g/mol. The van der Waals surface area contributed by atoms with Gasteiger partial charge >= 0.3 is 5.97 Å². The molecule has 0 aliphatic carbocycles. The second-order valence-electron chi connectivity index (χ2n) is 7.28. The van der Waals surface area contributed by atoms with E-state index in [1.807, 2.05) is 18.2 Å². The van der Waals surface area contributed by atoms with Crippen LogP contribution in [-0.2, 0) is 11.4 Å². The number of carboxylic acids is 1. The number of halogens is 2. The number of aromatic carboxylic acids is 1. The van der Waals surface area contributed by atoms with Crippen LogP contribution in [0.5, 0.6) is 5.75 Å². The van der Waals surface area contributed by atoms with Crippen LogP contribution in [0.2, 0.25) is 10.0 Å². The third kappa shape index (κ3) is 5.44. The third-order valence-corrected chi connectivity index (χ3v) is 6.61. The summed E-state index contributed by atoms with van der Waals surface area (Å²) in [6, 6.07) is 18.7. The van der Waals surface area contributed by atoms with Crippen molar-refractivity contribution < 1.29 is 19.4 Å². The molecule has 1 saturated heterocycles. The number of aliphatic imine (C=N–C) groups is 1. The molecule has 1 N–H and O–H groups in total. The first-order valence-electron chi connectivity index (χ1n) is 10.1. The van der Waals surface area contributed by atoms with Crippen molar-refractivity contribution in [1.82, 2.24) is 4.90 Å². The van der Waals surface area contributed by atoms with E-state index in [4.69, 9.17) is 33.0 Å². The van der Waals surface area contributed by atoms with Crippen molar-refractivity contribution in [3.05, 3.63) is 98.4 Å². The number of amidine groups is 1. The average molecular weight is 513 g/mol. The number of rotatable bonds is 6. The van der Waals surface area contributed by atoms with E-state index in [1.54, 1.807) is 49.5 Å². The molecule has 3 aromatic rings. The molecule has 0 atom stereocenters. The van der Waals surface area contributed by atoms with Gasteiger partial charge in [0.2, 0.25) is 0 Å². The summed E-state index contributed by atoms with van der Waals surface area (Å²) in [5.74, 6) is -0.675. The van der Waals surface area contributed by atoms with Gasteiger partial charge in [-0.3, -0.25) is 9.69 Å². The number of nitrogens with zero attached hydrogens (tertiary/aromatic N) is 2. The summed E-state index contributed by atoms with van der Waals surface area (Å²) in [5, 5.41) is 10.6. The van der Waals surface area contributed by atoms with Crippen LogP contribution < -0.4 is 4.74 Å².